The first kappa shape index (κ1) is 14.8. The molecule has 1 amide bonds. The number of para-hydroxylation sites is 1. The van der Waals surface area contributed by atoms with E-state index in [1.165, 1.54) is 4.70 Å². The molecule has 4 rings (SSSR count). The lowest BCUT2D eigenvalue weighted by Gasteiger charge is -2.03. The maximum absolute atomic E-state index is 12.5. The summed E-state index contributed by atoms with van der Waals surface area (Å²) in [6.07, 6.45) is 0. The van der Waals surface area contributed by atoms with Gasteiger partial charge in [0.2, 0.25) is 0 Å². The molecule has 0 spiro atoms. The maximum Gasteiger partial charge on any atom is 0.291 e. The number of rotatable bonds is 4. The van der Waals surface area contributed by atoms with Crippen LogP contribution in [0.25, 0.3) is 21.1 Å². The van der Waals surface area contributed by atoms with E-state index in [2.05, 4.69) is 5.32 Å². The van der Waals surface area contributed by atoms with E-state index in [1.807, 2.05) is 54.8 Å². The zero-order valence-electron chi connectivity index (χ0n) is 13.0. The number of carbonyl (C=O) groups is 1. The molecule has 5 heteroatoms. The molecule has 0 aliphatic heterocycles. The van der Waals surface area contributed by atoms with E-state index in [-0.39, 0.29) is 11.7 Å². The smallest absolute Gasteiger partial charge is 0.291 e. The van der Waals surface area contributed by atoms with Crippen LogP contribution in [0.3, 0.4) is 0 Å². The zero-order valence-corrected chi connectivity index (χ0v) is 13.9. The second kappa shape index (κ2) is 6.02. The van der Waals surface area contributed by atoms with Gasteiger partial charge in [0, 0.05) is 15.8 Å². The lowest BCUT2D eigenvalue weighted by atomic mass is 10.2. The SMILES string of the molecule is CCOc1cccc2cc(C(=O)Nc3ccc4sccc4c3)oc12. The van der Waals surface area contributed by atoms with Crippen LogP contribution in [-0.4, -0.2) is 12.5 Å². The summed E-state index contributed by atoms with van der Waals surface area (Å²) in [6.45, 7) is 2.46. The molecular formula is C19H15NO3S. The van der Waals surface area contributed by atoms with Crippen LogP contribution >= 0.6 is 11.3 Å². The molecule has 4 aromatic rings. The van der Waals surface area contributed by atoms with Crippen molar-refractivity contribution in [3.8, 4) is 5.75 Å². The Morgan fingerprint density at radius 1 is 1.17 bits per heavy atom. The topological polar surface area (TPSA) is 51.5 Å². The number of furan rings is 1. The zero-order chi connectivity index (χ0) is 16.5. The third kappa shape index (κ3) is 2.63. The molecule has 2 aromatic heterocycles. The molecule has 0 bridgehead atoms. The molecule has 0 radical (unpaired) electrons. The number of hydrogen-bond acceptors (Lipinski definition) is 4. The molecule has 2 heterocycles. The Labute approximate surface area is 142 Å². The monoisotopic (exact) mass is 337 g/mol. The summed E-state index contributed by atoms with van der Waals surface area (Å²) in [5, 5.41) is 6.87. The van der Waals surface area contributed by atoms with Gasteiger partial charge >= 0.3 is 0 Å². The minimum Gasteiger partial charge on any atom is -0.490 e. The lowest BCUT2D eigenvalue weighted by molar-refractivity contribution is 0.0998. The highest BCUT2D eigenvalue weighted by Gasteiger charge is 2.15. The van der Waals surface area contributed by atoms with Gasteiger partial charge in [-0.2, -0.15) is 0 Å². The summed E-state index contributed by atoms with van der Waals surface area (Å²) < 4.78 is 12.5. The maximum atomic E-state index is 12.5. The first-order valence-corrected chi connectivity index (χ1v) is 8.56. The Morgan fingerprint density at radius 2 is 2.08 bits per heavy atom. The summed E-state index contributed by atoms with van der Waals surface area (Å²) >= 11 is 1.68. The molecule has 4 nitrogen and oxygen atoms in total. The van der Waals surface area contributed by atoms with Crippen molar-refractivity contribution in [2.75, 3.05) is 11.9 Å². The molecule has 0 unspecified atom stereocenters. The van der Waals surface area contributed by atoms with Crippen molar-refractivity contribution in [1.29, 1.82) is 0 Å². The number of anilines is 1. The molecule has 120 valence electrons. The van der Waals surface area contributed by atoms with Crippen molar-refractivity contribution in [1.82, 2.24) is 0 Å². The molecule has 1 N–H and O–H groups in total. The van der Waals surface area contributed by atoms with Crippen molar-refractivity contribution in [3.05, 3.63) is 59.7 Å². The van der Waals surface area contributed by atoms with Crippen LogP contribution < -0.4 is 10.1 Å². The van der Waals surface area contributed by atoms with E-state index in [1.54, 1.807) is 17.4 Å². The van der Waals surface area contributed by atoms with E-state index in [9.17, 15) is 4.79 Å². The van der Waals surface area contributed by atoms with Crippen LogP contribution in [0.4, 0.5) is 5.69 Å². The number of thiophene rings is 1. The third-order valence-corrected chi connectivity index (χ3v) is 4.64. The Morgan fingerprint density at radius 3 is 2.96 bits per heavy atom. The van der Waals surface area contributed by atoms with Gasteiger partial charge in [0.05, 0.1) is 6.61 Å². The van der Waals surface area contributed by atoms with E-state index in [4.69, 9.17) is 9.15 Å². The molecule has 0 fully saturated rings. The fraction of sp³-hybridized carbons (Fsp3) is 0.105. The van der Waals surface area contributed by atoms with Gasteiger partial charge in [0.15, 0.2) is 17.1 Å². The number of carbonyl (C=O) groups excluding carboxylic acids is 1. The summed E-state index contributed by atoms with van der Waals surface area (Å²) in [5.74, 6) is 0.638. The predicted molar refractivity (Wildman–Crippen MR) is 97.2 cm³/mol. The molecular weight excluding hydrogens is 322 g/mol. The van der Waals surface area contributed by atoms with Gasteiger partial charge in [-0.1, -0.05) is 12.1 Å². The van der Waals surface area contributed by atoms with E-state index < -0.39 is 0 Å². The van der Waals surface area contributed by atoms with Crippen molar-refractivity contribution in [2.24, 2.45) is 0 Å². The van der Waals surface area contributed by atoms with Crippen LogP contribution in [0.5, 0.6) is 5.75 Å². The minimum absolute atomic E-state index is 0.266. The van der Waals surface area contributed by atoms with Gasteiger partial charge in [0.1, 0.15) is 0 Å². The Balaban J connectivity index is 1.64. The van der Waals surface area contributed by atoms with E-state index in [0.29, 0.717) is 17.9 Å². The third-order valence-electron chi connectivity index (χ3n) is 3.74. The van der Waals surface area contributed by atoms with Crippen LogP contribution in [0.2, 0.25) is 0 Å². The van der Waals surface area contributed by atoms with Gasteiger partial charge in [-0.3, -0.25) is 4.79 Å². The molecule has 0 aliphatic rings. The average Bonchev–Trinajstić information content (AvgIpc) is 3.21. The van der Waals surface area contributed by atoms with Crippen molar-refractivity contribution in [2.45, 2.75) is 6.92 Å². The number of amides is 1. The predicted octanol–water partition coefficient (Wildman–Crippen LogP) is 5.30. The second-order valence-electron chi connectivity index (χ2n) is 5.35. The molecule has 24 heavy (non-hydrogen) atoms. The fourth-order valence-electron chi connectivity index (χ4n) is 2.65. The van der Waals surface area contributed by atoms with Gasteiger partial charge < -0.3 is 14.5 Å². The molecule has 2 aromatic carbocycles. The number of fused-ring (bicyclic) bond motifs is 2. The molecule has 0 aliphatic carbocycles. The van der Waals surface area contributed by atoms with Crippen molar-refractivity contribution < 1.29 is 13.9 Å². The number of nitrogens with one attached hydrogen (secondary N) is 1. The molecule has 0 atom stereocenters. The summed E-state index contributed by atoms with van der Waals surface area (Å²) in [7, 11) is 0. The standard InChI is InChI=1S/C19H15NO3S/c1-2-22-15-5-3-4-13-11-16(23-18(13)15)19(21)20-14-6-7-17-12(10-14)8-9-24-17/h3-11H,2H2,1H3,(H,20,21). The number of benzene rings is 2. The molecule has 0 saturated carbocycles. The summed E-state index contributed by atoms with van der Waals surface area (Å²) in [4.78, 5) is 12.5. The van der Waals surface area contributed by atoms with Gasteiger partial charge in [0.25, 0.3) is 5.91 Å². The highest BCUT2D eigenvalue weighted by molar-refractivity contribution is 7.17. The normalized spacial score (nSPS) is 11.0. The number of ether oxygens (including phenoxy) is 1. The highest BCUT2D eigenvalue weighted by atomic mass is 32.1. The van der Waals surface area contributed by atoms with Gasteiger partial charge in [-0.25, -0.2) is 0 Å². The minimum atomic E-state index is -0.275. The van der Waals surface area contributed by atoms with Gasteiger partial charge in [-0.15, -0.1) is 11.3 Å². The molecule has 0 saturated heterocycles. The average molecular weight is 337 g/mol. The first-order chi connectivity index (χ1) is 11.7. The summed E-state index contributed by atoms with van der Waals surface area (Å²) in [5.41, 5.74) is 1.34. The van der Waals surface area contributed by atoms with Crippen LogP contribution in [0, 0.1) is 0 Å². The summed E-state index contributed by atoms with van der Waals surface area (Å²) in [6, 6.07) is 15.2. The van der Waals surface area contributed by atoms with Crippen LogP contribution in [0.1, 0.15) is 17.5 Å². The fourth-order valence-corrected chi connectivity index (χ4v) is 3.43. The quantitative estimate of drug-likeness (QED) is 0.550. The van der Waals surface area contributed by atoms with E-state index in [0.717, 1.165) is 16.5 Å². The van der Waals surface area contributed by atoms with Gasteiger partial charge in [-0.05, 0) is 54.1 Å². The van der Waals surface area contributed by atoms with Crippen LogP contribution in [0.15, 0.2) is 58.3 Å². The largest absolute Gasteiger partial charge is 0.490 e. The number of hydrogen-bond donors (Lipinski definition) is 1. The van der Waals surface area contributed by atoms with Crippen molar-refractivity contribution in [3.63, 3.8) is 0 Å². The second-order valence-corrected chi connectivity index (χ2v) is 6.29. The van der Waals surface area contributed by atoms with Crippen molar-refractivity contribution >= 4 is 44.0 Å². The highest BCUT2D eigenvalue weighted by Crippen LogP contribution is 2.29. The Hall–Kier alpha value is -2.79. The Bertz CT molecular complexity index is 1030. The Kier molecular flexibility index (Phi) is 3.70. The lowest BCUT2D eigenvalue weighted by Crippen LogP contribution is -2.10. The first-order valence-electron chi connectivity index (χ1n) is 7.68. The van der Waals surface area contributed by atoms with Crippen LogP contribution in [-0.2, 0) is 0 Å². The van der Waals surface area contributed by atoms with E-state index >= 15 is 0 Å².